The summed E-state index contributed by atoms with van der Waals surface area (Å²) in [5.74, 6) is 0. The van der Waals surface area contributed by atoms with Gasteiger partial charge in [0.1, 0.15) is 0 Å². The van der Waals surface area contributed by atoms with Gasteiger partial charge in [0, 0.05) is 43.3 Å². The molecular weight excluding hydrogens is 236 g/mol. The van der Waals surface area contributed by atoms with E-state index >= 15 is 0 Å². The summed E-state index contributed by atoms with van der Waals surface area (Å²) in [7, 11) is 0. The first kappa shape index (κ1) is 12.4. The minimum Gasteiger partial charge on any atom is -0.381 e. The summed E-state index contributed by atoms with van der Waals surface area (Å²) >= 11 is 0. The first-order valence-electron chi connectivity index (χ1n) is 6.94. The number of rotatable bonds is 3. The number of nitrogens with zero attached hydrogens (tertiary/aromatic N) is 3. The maximum atomic E-state index is 4.35. The van der Waals surface area contributed by atoms with E-state index in [-0.39, 0.29) is 0 Å². The third kappa shape index (κ3) is 2.68. The second-order valence-corrected chi connectivity index (χ2v) is 5.48. The number of anilines is 1. The molecule has 1 unspecified atom stereocenters. The van der Waals surface area contributed by atoms with Crippen molar-refractivity contribution in [2.24, 2.45) is 0 Å². The molecule has 19 heavy (non-hydrogen) atoms. The Hall–Kier alpha value is -1.68. The van der Waals surface area contributed by atoms with Crippen LogP contribution in [-0.2, 0) is 0 Å². The van der Waals surface area contributed by atoms with Gasteiger partial charge in [0.2, 0.25) is 0 Å². The number of aromatic nitrogens is 2. The summed E-state index contributed by atoms with van der Waals surface area (Å²) < 4.78 is 0. The zero-order valence-electron chi connectivity index (χ0n) is 11.5. The summed E-state index contributed by atoms with van der Waals surface area (Å²) in [6.45, 7) is 6.82. The summed E-state index contributed by atoms with van der Waals surface area (Å²) in [5.41, 5.74) is 3.04. The maximum absolute atomic E-state index is 4.35. The molecule has 1 fully saturated rings. The topological polar surface area (TPSA) is 41.0 Å². The molecule has 1 aliphatic heterocycles. The Morgan fingerprint density at radius 2 is 2.00 bits per heavy atom. The normalized spacial score (nSPS) is 20.3. The third-order valence-electron chi connectivity index (χ3n) is 3.79. The van der Waals surface area contributed by atoms with Crippen LogP contribution in [0, 0.1) is 0 Å². The predicted octanol–water partition coefficient (Wildman–Crippen LogP) is 2.52. The lowest BCUT2D eigenvalue weighted by Crippen LogP contribution is -2.31. The van der Waals surface area contributed by atoms with Crippen LogP contribution in [0.25, 0.3) is 11.0 Å². The van der Waals surface area contributed by atoms with Gasteiger partial charge in [0.15, 0.2) is 0 Å². The van der Waals surface area contributed by atoms with Crippen LogP contribution in [0.3, 0.4) is 0 Å². The average Bonchev–Trinajstić information content (AvgIpc) is 2.87. The fraction of sp³-hybridized carbons (Fsp3) is 0.467. The van der Waals surface area contributed by atoms with Crippen molar-refractivity contribution >= 4 is 16.7 Å². The van der Waals surface area contributed by atoms with E-state index in [0.29, 0.717) is 12.1 Å². The van der Waals surface area contributed by atoms with Crippen LogP contribution < -0.4 is 5.32 Å². The first-order chi connectivity index (χ1) is 9.22. The molecule has 100 valence electrons. The maximum Gasteiger partial charge on any atom is 0.0907 e. The first-order valence-corrected chi connectivity index (χ1v) is 6.94. The molecule has 2 heterocycles. The van der Waals surface area contributed by atoms with E-state index in [9.17, 15) is 0 Å². The van der Waals surface area contributed by atoms with Crippen molar-refractivity contribution in [3.63, 3.8) is 0 Å². The van der Waals surface area contributed by atoms with Crippen molar-refractivity contribution in [1.82, 2.24) is 14.9 Å². The average molecular weight is 256 g/mol. The number of hydrogen-bond donors (Lipinski definition) is 1. The molecule has 1 saturated heterocycles. The SMILES string of the molecule is CC(C)N1CCC(Nc2ccc3nccnc3c2)C1. The molecule has 4 heteroatoms. The molecular formula is C15H20N4. The zero-order valence-corrected chi connectivity index (χ0v) is 11.5. The van der Waals surface area contributed by atoms with E-state index < -0.39 is 0 Å². The largest absolute Gasteiger partial charge is 0.381 e. The Morgan fingerprint density at radius 3 is 2.74 bits per heavy atom. The number of likely N-dealkylation sites (tertiary alicyclic amines) is 1. The van der Waals surface area contributed by atoms with E-state index in [0.717, 1.165) is 23.3 Å². The van der Waals surface area contributed by atoms with Gasteiger partial charge in [-0.3, -0.25) is 14.9 Å². The van der Waals surface area contributed by atoms with Crippen LogP contribution in [0.5, 0.6) is 0 Å². The number of fused-ring (bicyclic) bond motifs is 1. The summed E-state index contributed by atoms with van der Waals surface area (Å²) in [5, 5.41) is 3.61. The summed E-state index contributed by atoms with van der Waals surface area (Å²) in [6.07, 6.45) is 4.67. The van der Waals surface area contributed by atoms with Gasteiger partial charge in [-0.2, -0.15) is 0 Å². The molecule has 0 bridgehead atoms. The number of benzene rings is 1. The lowest BCUT2D eigenvalue weighted by Gasteiger charge is -2.20. The highest BCUT2D eigenvalue weighted by Crippen LogP contribution is 2.20. The van der Waals surface area contributed by atoms with Crippen molar-refractivity contribution in [3.8, 4) is 0 Å². The van der Waals surface area contributed by atoms with E-state index in [1.54, 1.807) is 12.4 Å². The van der Waals surface area contributed by atoms with Gasteiger partial charge in [-0.15, -0.1) is 0 Å². The third-order valence-corrected chi connectivity index (χ3v) is 3.79. The molecule has 1 aromatic carbocycles. The highest BCUT2D eigenvalue weighted by Gasteiger charge is 2.23. The fourth-order valence-electron chi connectivity index (χ4n) is 2.66. The lowest BCUT2D eigenvalue weighted by molar-refractivity contribution is 0.274. The predicted molar refractivity (Wildman–Crippen MR) is 78.3 cm³/mol. The van der Waals surface area contributed by atoms with Crippen LogP contribution in [-0.4, -0.2) is 40.0 Å². The lowest BCUT2D eigenvalue weighted by atomic mass is 10.2. The van der Waals surface area contributed by atoms with Gasteiger partial charge >= 0.3 is 0 Å². The fourth-order valence-corrected chi connectivity index (χ4v) is 2.66. The van der Waals surface area contributed by atoms with Crippen LogP contribution >= 0.6 is 0 Å². The second kappa shape index (κ2) is 5.13. The van der Waals surface area contributed by atoms with Crippen molar-refractivity contribution in [3.05, 3.63) is 30.6 Å². The van der Waals surface area contributed by atoms with E-state index in [1.165, 1.54) is 13.0 Å². The van der Waals surface area contributed by atoms with Crippen LogP contribution in [0.4, 0.5) is 5.69 Å². The molecule has 0 amide bonds. The van der Waals surface area contributed by atoms with Gasteiger partial charge < -0.3 is 5.32 Å². The van der Waals surface area contributed by atoms with Gasteiger partial charge in [-0.25, -0.2) is 0 Å². The van der Waals surface area contributed by atoms with Crippen molar-refractivity contribution in [2.45, 2.75) is 32.4 Å². The highest BCUT2D eigenvalue weighted by atomic mass is 15.2. The van der Waals surface area contributed by atoms with Crippen molar-refractivity contribution in [2.75, 3.05) is 18.4 Å². The van der Waals surface area contributed by atoms with Crippen LogP contribution in [0.1, 0.15) is 20.3 Å². The Kier molecular flexibility index (Phi) is 3.34. The van der Waals surface area contributed by atoms with Gasteiger partial charge in [0.25, 0.3) is 0 Å². The standard InChI is InChI=1S/C15H20N4/c1-11(2)19-8-5-13(10-19)18-12-3-4-14-15(9-12)17-7-6-16-14/h3-4,6-7,9,11,13,18H,5,8,10H2,1-2H3. The molecule has 1 atom stereocenters. The van der Waals surface area contributed by atoms with Gasteiger partial charge in [0.05, 0.1) is 11.0 Å². The van der Waals surface area contributed by atoms with Gasteiger partial charge in [-0.05, 0) is 38.5 Å². The Bertz CT molecular complexity index is 567. The molecule has 0 saturated carbocycles. The zero-order chi connectivity index (χ0) is 13.2. The molecule has 0 radical (unpaired) electrons. The molecule has 0 spiro atoms. The van der Waals surface area contributed by atoms with Crippen LogP contribution in [0.2, 0.25) is 0 Å². The minimum absolute atomic E-state index is 0.538. The Morgan fingerprint density at radius 1 is 1.21 bits per heavy atom. The quantitative estimate of drug-likeness (QED) is 0.916. The van der Waals surface area contributed by atoms with E-state index in [1.807, 2.05) is 6.07 Å². The highest BCUT2D eigenvalue weighted by molar-refractivity contribution is 5.78. The van der Waals surface area contributed by atoms with E-state index in [4.69, 9.17) is 0 Å². The monoisotopic (exact) mass is 256 g/mol. The Labute approximate surface area is 113 Å². The minimum atomic E-state index is 0.538. The number of nitrogens with one attached hydrogen (secondary N) is 1. The molecule has 1 N–H and O–H groups in total. The molecule has 3 rings (SSSR count). The molecule has 2 aromatic rings. The molecule has 4 nitrogen and oxygen atoms in total. The van der Waals surface area contributed by atoms with Crippen molar-refractivity contribution < 1.29 is 0 Å². The van der Waals surface area contributed by atoms with Crippen molar-refractivity contribution in [1.29, 1.82) is 0 Å². The second-order valence-electron chi connectivity index (χ2n) is 5.48. The summed E-state index contributed by atoms with van der Waals surface area (Å²) in [4.78, 5) is 11.1. The molecule has 1 aromatic heterocycles. The smallest absolute Gasteiger partial charge is 0.0907 e. The summed E-state index contributed by atoms with van der Waals surface area (Å²) in [6, 6.07) is 7.38. The molecule has 1 aliphatic rings. The van der Waals surface area contributed by atoms with E-state index in [2.05, 4.69) is 46.2 Å². The molecule has 0 aliphatic carbocycles. The Balaban J connectivity index is 1.72. The van der Waals surface area contributed by atoms with Crippen LogP contribution in [0.15, 0.2) is 30.6 Å². The number of hydrogen-bond acceptors (Lipinski definition) is 4. The van der Waals surface area contributed by atoms with Gasteiger partial charge in [-0.1, -0.05) is 0 Å².